The second-order valence-corrected chi connectivity index (χ2v) is 4.76. The molecule has 0 saturated carbocycles. The number of hydrogen-bond donors (Lipinski definition) is 1. The van der Waals surface area contributed by atoms with Crippen molar-refractivity contribution in [1.29, 1.82) is 0 Å². The molecule has 0 amide bonds. The molecule has 0 aliphatic carbocycles. The zero-order valence-corrected chi connectivity index (χ0v) is 11.4. The first-order valence-corrected chi connectivity index (χ1v) is 5.96. The van der Waals surface area contributed by atoms with Crippen LogP contribution in [0.15, 0.2) is 22.7 Å². The Morgan fingerprint density at radius 1 is 1.40 bits per heavy atom. The molecule has 1 aromatic rings. The topological polar surface area (TPSA) is 21.3 Å². The van der Waals surface area contributed by atoms with E-state index in [4.69, 9.17) is 16.3 Å². The lowest BCUT2D eigenvalue weighted by Crippen LogP contribution is -2.29. The number of halogens is 2. The van der Waals surface area contributed by atoms with Crippen LogP contribution in [0, 0.1) is 0 Å². The minimum atomic E-state index is 0.166. The highest BCUT2D eigenvalue weighted by atomic mass is 79.9. The zero-order valence-electron chi connectivity index (χ0n) is 9.05. The maximum absolute atomic E-state index is 5.91. The van der Waals surface area contributed by atoms with E-state index in [0.29, 0.717) is 5.02 Å². The molecule has 0 radical (unpaired) electrons. The van der Waals surface area contributed by atoms with Crippen molar-refractivity contribution in [3.63, 3.8) is 0 Å². The van der Waals surface area contributed by atoms with Crippen LogP contribution < -0.4 is 5.32 Å². The molecule has 2 atom stereocenters. The third-order valence-electron chi connectivity index (χ3n) is 2.39. The fourth-order valence-corrected chi connectivity index (χ4v) is 1.67. The lowest BCUT2D eigenvalue weighted by Gasteiger charge is -2.21. The molecule has 0 aliphatic rings. The van der Waals surface area contributed by atoms with E-state index in [2.05, 4.69) is 28.2 Å². The summed E-state index contributed by atoms with van der Waals surface area (Å²) in [6, 6.07) is 6.02. The highest BCUT2D eigenvalue weighted by molar-refractivity contribution is 9.10. The predicted molar refractivity (Wildman–Crippen MR) is 68.7 cm³/mol. The summed E-state index contributed by atoms with van der Waals surface area (Å²) in [5.41, 5.74) is 1.03. The molecule has 84 valence electrons. The molecule has 2 nitrogen and oxygen atoms in total. The minimum Gasteiger partial charge on any atom is -0.380 e. The predicted octanol–water partition coefficient (Wildman–Crippen LogP) is 3.94. The summed E-state index contributed by atoms with van der Waals surface area (Å²) in [5.74, 6) is 0. The van der Waals surface area contributed by atoms with Crippen LogP contribution in [0.3, 0.4) is 0 Å². The van der Waals surface area contributed by atoms with E-state index >= 15 is 0 Å². The maximum Gasteiger partial charge on any atom is 0.0741 e. The number of methoxy groups -OCH3 is 1. The summed E-state index contributed by atoms with van der Waals surface area (Å²) >= 11 is 9.29. The average molecular weight is 293 g/mol. The molecule has 1 rings (SSSR count). The van der Waals surface area contributed by atoms with Gasteiger partial charge >= 0.3 is 0 Å². The molecule has 0 aliphatic heterocycles. The second kappa shape index (κ2) is 5.73. The molecule has 0 fully saturated rings. The number of hydrogen-bond acceptors (Lipinski definition) is 2. The first-order valence-electron chi connectivity index (χ1n) is 4.79. The number of ether oxygens (including phenoxy) is 1. The SMILES string of the molecule is COC(C)C(C)Nc1ccc(Cl)c(Br)c1. The molecule has 0 spiro atoms. The van der Waals surface area contributed by atoms with Gasteiger partial charge in [0.15, 0.2) is 0 Å². The summed E-state index contributed by atoms with van der Waals surface area (Å²) in [4.78, 5) is 0. The fraction of sp³-hybridized carbons (Fsp3) is 0.455. The van der Waals surface area contributed by atoms with Crippen LogP contribution in [0.1, 0.15) is 13.8 Å². The van der Waals surface area contributed by atoms with Gasteiger partial charge in [-0.2, -0.15) is 0 Å². The van der Waals surface area contributed by atoms with E-state index in [1.54, 1.807) is 7.11 Å². The van der Waals surface area contributed by atoms with E-state index in [9.17, 15) is 0 Å². The largest absolute Gasteiger partial charge is 0.380 e. The molecular weight excluding hydrogens is 277 g/mol. The van der Waals surface area contributed by atoms with Gasteiger partial charge in [-0.3, -0.25) is 0 Å². The van der Waals surface area contributed by atoms with Gasteiger partial charge in [-0.25, -0.2) is 0 Å². The maximum atomic E-state index is 5.91. The molecule has 0 saturated heterocycles. The fourth-order valence-electron chi connectivity index (χ4n) is 1.17. The molecular formula is C11H15BrClNO. The lowest BCUT2D eigenvalue weighted by molar-refractivity contribution is 0.106. The number of benzene rings is 1. The normalized spacial score (nSPS) is 14.7. The van der Waals surface area contributed by atoms with Crippen LogP contribution in [-0.4, -0.2) is 19.3 Å². The Balaban J connectivity index is 2.68. The second-order valence-electron chi connectivity index (χ2n) is 3.50. The van der Waals surface area contributed by atoms with Crippen LogP contribution >= 0.6 is 27.5 Å². The third-order valence-corrected chi connectivity index (χ3v) is 3.60. The Kier molecular flexibility index (Phi) is 4.90. The molecule has 1 aromatic carbocycles. The van der Waals surface area contributed by atoms with Gasteiger partial charge in [-0.15, -0.1) is 0 Å². The van der Waals surface area contributed by atoms with Gasteiger partial charge < -0.3 is 10.1 Å². The summed E-state index contributed by atoms with van der Waals surface area (Å²) in [5, 5.41) is 4.06. The summed E-state index contributed by atoms with van der Waals surface area (Å²) in [7, 11) is 1.71. The minimum absolute atomic E-state index is 0.166. The quantitative estimate of drug-likeness (QED) is 0.907. The van der Waals surface area contributed by atoms with Crippen molar-refractivity contribution >= 4 is 33.2 Å². The van der Waals surface area contributed by atoms with Crippen LogP contribution in [0.4, 0.5) is 5.69 Å². The van der Waals surface area contributed by atoms with Crippen LogP contribution in [0.2, 0.25) is 5.02 Å². The highest BCUT2D eigenvalue weighted by Crippen LogP contribution is 2.26. The van der Waals surface area contributed by atoms with E-state index < -0.39 is 0 Å². The van der Waals surface area contributed by atoms with Crippen molar-refractivity contribution in [2.24, 2.45) is 0 Å². The molecule has 0 bridgehead atoms. The Hall–Kier alpha value is -0.250. The van der Waals surface area contributed by atoms with Crippen LogP contribution in [0.25, 0.3) is 0 Å². The van der Waals surface area contributed by atoms with Crippen LogP contribution in [-0.2, 0) is 4.74 Å². The first kappa shape index (κ1) is 12.8. The van der Waals surface area contributed by atoms with Crippen molar-refractivity contribution in [2.45, 2.75) is 26.0 Å². The zero-order chi connectivity index (χ0) is 11.4. The smallest absolute Gasteiger partial charge is 0.0741 e. The molecule has 2 unspecified atom stereocenters. The Labute approximate surface area is 104 Å². The Morgan fingerprint density at radius 3 is 2.60 bits per heavy atom. The van der Waals surface area contributed by atoms with Crippen molar-refractivity contribution in [3.8, 4) is 0 Å². The van der Waals surface area contributed by atoms with E-state index in [-0.39, 0.29) is 12.1 Å². The number of anilines is 1. The van der Waals surface area contributed by atoms with E-state index in [1.165, 1.54) is 0 Å². The number of rotatable bonds is 4. The monoisotopic (exact) mass is 291 g/mol. The average Bonchev–Trinajstić information content (AvgIpc) is 2.22. The third kappa shape index (κ3) is 3.67. The standard InChI is InChI=1S/C11H15BrClNO/c1-7(8(2)15-3)14-9-4-5-11(13)10(12)6-9/h4-8,14H,1-3H3. The van der Waals surface area contributed by atoms with Crippen molar-refractivity contribution in [2.75, 3.05) is 12.4 Å². The summed E-state index contributed by atoms with van der Waals surface area (Å²) in [6.45, 7) is 4.11. The van der Waals surface area contributed by atoms with Gasteiger partial charge in [-0.1, -0.05) is 11.6 Å². The molecule has 1 N–H and O–H groups in total. The van der Waals surface area contributed by atoms with Gasteiger partial charge in [0.1, 0.15) is 0 Å². The first-order chi connectivity index (χ1) is 7.04. The van der Waals surface area contributed by atoms with Crippen LogP contribution in [0.5, 0.6) is 0 Å². The molecule has 15 heavy (non-hydrogen) atoms. The van der Waals surface area contributed by atoms with Gasteiger partial charge in [0.2, 0.25) is 0 Å². The molecule has 0 aromatic heterocycles. The van der Waals surface area contributed by atoms with Gasteiger partial charge in [0.05, 0.1) is 11.1 Å². The van der Waals surface area contributed by atoms with Gasteiger partial charge in [-0.05, 0) is 48.0 Å². The van der Waals surface area contributed by atoms with Gasteiger partial charge in [0.25, 0.3) is 0 Å². The lowest BCUT2D eigenvalue weighted by atomic mass is 10.2. The summed E-state index contributed by atoms with van der Waals surface area (Å²) in [6.07, 6.45) is 0.166. The summed E-state index contributed by atoms with van der Waals surface area (Å²) < 4.78 is 6.13. The highest BCUT2D eigenvalue weighted by Gasteiger charge is 2.10. The van der Waals surface area contributed by atoms with Crippen molar-refractivity contribution < 1.29 is 4.74 Å². The van der Waals surface area contributed by atoms with E-state index in [1.807, 2.05) is 25.1 Å². The van der Waals surface area contributed by atoms with E-state index in [0.717, 1.165) is 10.2 Å². The number of nitrogens with one attached hydrogen (secondary N) is 1. The molecule has 4 heteroatoms. The molecule has 0 heterocycles. The Morgan fingerprint density at radius 2 is 2.07 bits per heavy atom. The van der Waals surface area contributed by atoms with Gasteiger partial charge in [0, 0.05) is 23.3 Å². The Bertz CT molecular complexity index is 332. The van der Waals surface area contributed by atoms with Crippen molar-refractivity contribution in [3.05, 3.63) is 27.7 Å². The van der Waals surface area contributed by atoms with Crippen molar-refractivity contribution in [1.82, 2.24) is 0 Å².